The van der Waals surface area contributed by atoms with Crippen LogP contribution in [0.1, 0.15) is 44.2 Å². The predicted molar refractivity (Wildman–Crippen MR) is 113 cm³/mol. The second-order valence-corrected chi connectivity index (χ2v) is 7.34. The summed E-state index contributed by atoms with van der Waals surface area (Å²) in [5, 5.41) is 9.56. The molecule has 4 rings (SSSR count). The minimum absolute atomic E-state index is 0.0777. The number of benzene rings is 3. The fourth-order valence-electron chi connectivity index (χ4n) is 4.05. The van der Waals surface area contributed by atoms with Crippen LogP contribution in [-0.4, -0.2) is 23.0 Å². The Morgan fingerprint density at radius 2 is 1.79 bits per heavy atom. The quantitative estimate of drug-likeness (QED) is 0.652. The van der Waals surface area contributed by atoms with Crippen LogP contribution >= 0.6 is 0 Å². The number of nitrogens with zero attached hydrogens (tertiary/aromatic N) is 1. The van der Waals surface area contributed by atoms with Crippen LogP contribution in [0.5, 0.6) is 5.75 Å². The molecule has 148 valence electrons. The Labute approximate surface area is 170 Å². The molecular formula is C24H24N2O3. The Bertz CT molecular complexity index is 1060. The average molecular weight is 388 g/mol. The standard InChI is InChI=1S/C24H24N2O3/c1-15-5-3-4-6-19(15)23-22-20(11-17(14-27)12-21(22)25)24(28)26(23)13-16-7-9-18(29-2)10-8-16/h3-12,23,27H,13-14,25H2,1-2H3. The van der Waals surface area contributed by atoms with Crippen LogP contribution in [-0.2, 0) is 13.2 Å². The second kappa shape index (κ2) is 7.60. The van der Waals surface area contributed by atoms with E-state index in [0.717, 1.165) is 28.0 Å². The van der Waals surface area contributed by atoms with E-state index in [1.807, 2.05) is 60.4 Å². The number of aryl methyl sites for hydroxylation is 1. The van der Waals surface area contributed by atoms with Gasteiger partial charge < -0.3 is 20.5 Å². The molecule has 0 saturated carbocycles. The fraction of sp³-hybridized carbons (Fsp3) is 0.208. The summed E-state index contributed by atoms with van der Waals surface area (Å²) in [4.78, 5) is 15.3. The Balaban J connectivity index is 1.83. The number of fused-ring (bicyclic) bond motifs is 1. The summed E-state index contributed by atoms with van der Waals surface area (Å²) >= 11 is 0. The molecule has 0 spiro atoms. The van der Waals surface area contributed by atoms with Crippen molar-refractivity contribution in [1.82, 2.24) is 4.90 Å². The van der Waals surface area contributed by atoms with Crippen molar-refractivity contribution in [2.45, 2.75) is 26.1 Å². The van der Waals surface area contributed by atoms with Crippen molar-refractivity contribution in [3.8, 4) is 5.75 Å². The summed E-state index contributed by atoms with van der Waals surface area (Å²) in [6.45, 7) is 2.34. The second-order valence-electron chi connectivity index (χ2n) is 7.34. The lowest BCUT2D eigenvalue weighted by Gasteiger charge is -2.27. The SMILES string of the molecule is COc1ccc(CN2C(=O)c3cc(CO)cc(N)c3C2c2ccccc2C)cc1. The number of ether oxygens (including phenoxy) is 1. The van der Waals surface area contributed by atoms with Gasteiger partial charge >= 0.3 is 0 Å². The average Bonchev–Trinajstić information content (AvgIpc) is 3.01. The number of aliphatic hydroxyl groups is 1. The first-order valence-electron chi connectivity index (χ1n) is 9.56. The lowest BCUT2D eigenvalue weighted by Crippen LogP contribution is -2.28. The van der Waals surface area contributed by atoms with Gasteiger partial charge in [-0.2, -0.15) is 0 Å². The number of anilines is 1. The highest BCUT2D eigenvalue weighted by atomic mass is 16.5. The number of aliphatic hydroxyl groups excluding tert-OH is 1. The molecule has 0 saturated heterocycles. The number of methoxy groups -OCH3 is 1. The first kappa shape index (κ1) is 19.0. The summed E-state index contributed by atoms with van der Waals surface area (Å²) in [5.41, 5.74) is 12.1. The maximum absolute atomic E-state index is 13.4. The van der Waals surface area contributed by atoms with Crippen LogP contribution in [0, 0.1) is 6.92 Å². The van der Waals surface area contributed by atoms with E-state index in [9.17, 15) is 9.90 Å². The maximum atomic E-state index is 13.4. The van der Waals surface area contributed by atoms with Crippen molar-refractivity contribution in [3.05, 3.63) is 94.0 Å². The van der Waals surface area contributed by atoms with E-state index in [1.54, 1.807) is 19.2 Å². The number of hydrogen-bond acceptors (Lipinski definition) is 4. The van der Waals surface area contributed by atoms with E-state index in [0.29, 0.717) is 23.4 Å². The largest absolute Gasteiger partial charge is 0.497 e. The molecule has 3 N–H and O–H groups in total. The van der Waals surface area contributed by atoms with Gasteiger partial charge in [0.1, 0.15) is 5.75 Å². The molecule has 1 unspecified atom stereocenters. The van der Waals surface area contributed by atoms with Gasteiger partial charge in [-0.15, -0.1) is 0 Å². The fourth-order valence-corrected chi connectivity index (χ4v) is 4.05. The molecule has 1 atom stereocenters. The smallest absolute Gasteiger partial charge is 0.255 e. The molecule has 1 heterocycles. The molecular weight excluding hydrogens is 364 g/mol. The molecule has 3 aromatic carbocycles. The zero-order valence-electron chi connectivity index (χ0n) is 16.6. The highest BCUT2D eigenvalue weighted by Gasteiger charge is 2.40. The van der Waals surface area contributed by atoms with Gasteiger partial charge in [0.25, 0.3) is 5.91 Å². The molecule has 5 nitrogen and oxygen atoms in total. The zero-order valence-corrected chi connectivity index (χ0v) is 16.6. The van der Waals surface area contributed by atoms with Gasteiger partial charge in [0.15, 0.2) is 0 Å². The van der Waals surface area contributed by atoms with E-state index >= 15 is 0 Å². The van der Waals surface area contributed by atoms with Crippen molar-refractivity contribution in [2.24, 2.45) is 0 Å². The lowest BCUT2D eigenvalue weighted by molar-refractivity contribution is 0.0735. The number of hydrogen-bond donors (Lipinski definition) is 2. The number of amides is 1. The molecule has 0 fully saturated rings. The Morgan fingerprint density at radius 1 is 1.07 bits per heavy atom. The Hall–Kier alpha value is -3.31. The number of nitrogen functional groups attached to an aromatic ring is 1. The minimum Gasteiger partial charge on any atom is -0.497 e. The summed E-state index contributed by atoms with van der Waals surface area (Å²) in [5.74, 6) is 0.697. The molecule has 1 amide bonds. The molecule has 1 aliphatic rings. The van der Waals surface area contributed by atoms with Crippen LogP contribution in [0.4, 0.5) is 5.69 Å². The number of nitrogens with two attached hydrogens (primary N) is 1. The third kappa shape index (κ3) is 3.34. The van der Waals surface area contributed by atoms with Crippen molar-refractivity contribution in [2.75, 3.05) is 12.8 Å². The van der Waals surface area contributed by atoms with Crippen LogP contribution in [0.3, 0.4) is 0 Å². The first-order chi connectivity index (χ1) is 14.0. The minimum atomic E-state index is -0.270. The molecule has 29 heavy (non-hydrogen) atoms. The number of carbonyl (C=O) groups excluding carboxylic acids is 1. The summed E-state index contributed by atoms with van der Waals surface area (Å²) in [6.07, 6.45) is 0. The molecule has 5 heteroatoms. The topological polar surface area (TPSA) is 75.8 Å². The van der Waals surface area contributed by atoms with Crippen molar-refractivity contribution < 1.29 is 14.6 Å². The van der Waals surface area contributed by atoms with Crippen molar-refractivity contribution >= 4 is 11.6 Å². The van der Waals surface area contributed by atoms with Gasteiger partial charge in [-0.3, -0.25) is 4.79 Å². The number of carbonyl (C=O) groups is 1. The van der Waals surface area contributed by atoms with Gasteiger partial charge in [-0.1, -0.05) is 36.4 Å². The van der Waals surface area contributed by atoms with E-state index in [-0.39, 0.29) is 18.6 Å². The van der Waals surface area contributed by atoms with Crippen LogP contribution in [0.2, 0.25) is 0 Å². The number of rotatable bonds is 5. The highest BCUT2D eigenvalue weighted by molar-refractivity contribution is 6.01. The Kier molecular flexibility index (Phi) is 4.99. The monoisotopic (exact) mass is 388 g/mol. The van der Waals surface area contributed by atoms with Gasteiger partial charge in [0.2, 0.25) is 0 Å². The van der Waals surface area contributed by atoms with Gasteiger partial charge in [-0.05, 0) is 53.4 Å². The molecule has 0 bridgehead atoms. The summed E-state index contributed by atoms with van der Waals surface area (Å²) in [6, 6.07) is 19.0. The molecule has 0 aliphatic carbocycles. The first-order valence-corrected chi connectivity index (χ1v) is 9.56. The zero-order chi connectivity index (χ0) is 20.5. The van der Waals surface area contributed by atoms with E-state index in [2.05, 4.69) is 0 Å². The molecule has 0 radical (unpaired) electrons. The Morgan fingerprint density at radius 3 is 2.45 bits per heavy atom. The normalized spacial score (nSPS) is 15.5. The molecule has 3 aromatic rings. The lowest BCUT2D eigenvalue weighted by atomic mass is 9.92. The summed E-state index contributed by atoms with van der Waals surface area (Å²) in [7, 11) is 1.63. The van der Waals surface area contributed by atoms with Crippen LogP contribution in [0.25, 0.3) is 0 Å². The van der Waals surface area contributed by atoms with Gasteiger partial charge in [0.05, 0.1) is 19.8 Å². The van der Waals surface area contributed by atoms with E-state index in [1.165, 1.54) is 0 Å². The summed E-state index contributed by atoms with van der Waals surface area (Å²) < 4.78 is 5.24. The maximum Gasteiger partial charge on any atom is 0.255 e. The third-order valence-corrected chi connectivity index (χ3v) is 5.53. The van der Waals surface area contributed by atoms with Crippen LogP contribution < -0.4 is 10.5 Å². The van der Waals surface area contributed by atoms with Crippen molar-refractivity contribution in [1.29, 1.82) is 0 Å². The third-order valence-electron chi connectivity index (χ3n) is 5.53. The predicted octanol–water partition coefficient (Wildman–Crippen LogP) is 3.82. The molecule has 1 aliphatic heterocycles. The molecule has 0 aromatic heterocycles. The van der Waals surface area contributed by atoms with Gasteiger partial charge in [-0.25, -0.2) is 0 Å². The van der Waals surface area contributed by atoms with Crippen LogP contribution in [0.15, 0.2) is 60.7 Å². The highest BCUT2D eigenvalue weighted by Crippen LogP contribution is 2.44. The van der Waals surface area contributed by atoms with Gasteiger partial charge in [0, 0.05) is 23.4 Å². The van der Waals surface area contributed by atoms with Crippen molar-refractivity contribution in [3.63, 3.8) is 0 Å². The van der Waals surface area contributed by atoms with E-state index in [4.69, 9.17) is 10.5 Å². The van der Waals surface area contributed by atoms with E-state index < -0.39 is 0 Å².